The second-order valence-electron chi connectivity index (χ2n) is 4.89. The van der Waals surface area contributed by atoms with Gasteiger partial charge in [-0.1, -0.05) is 59.8 Å². The van der Waals surface area contributed by atoms with E-state index in [0.29, 0.717) is 0 Å². The predicted octanol–water partition coefficient (Wildman–Crippen LogP) is 5.38. The molecule has 0 aliphatic carbocycles. The highest BCUT2D eigenvalue weighted by atomic mass is 14.1. The monoisotopic (exact) mass is 197 g/mol. The Morgan fingerprint density at radius 3 is 1.71 bits per heavy atom. The number of hydrogen-bond acceptors (Lipinski definition) is 0. The van der Waals surface area contributed by atoms with Crippen molar-refractivity contribution in [2.75, 3.05) is 0 Å². The summed E-state index contributed by atoms with van der Waals surface area (Å²) in [7, 11) is 0. The van der Waals surface area contributed by atoms with Gasteiger partial charge in [0.15, 0.2) is 0 Å². The Kier molecular flexibility index (Phi) is 9.55. The molecule has 0 aliphatic heterocycles. The highest BCUT2D eigenvalue weighted by Crippen LogP contribution is 2.25. The van der Waals surface area contributed by atoms with E-state index < -0.39 is 0 Å². The van der Waals surface area contributed by atoms with Gasteiger partial charge in [0, 0.05) is 0 Å². The SMILES string of the molecule is CCCC[C](CCCC)CCC(C)C. The van der Waals surface area contributed by atoms with Crippen molar-refractivity contribution >= 4 is 0 Å². The minimum Gasteiger partial charge on any atom is -0.0654 e. The molecule has 0 saturated heterocycles. The fourth-order valence-corrected chi connectivity index (χ4v) is 1.72. The topological polar surface area (TPSA) is 0 Å². The highest BCUT2D eigenvalue weighted by molar-refractivity contribution is 4.89. The van der Waals surface area contributed by atoms with Crippen LogP contribution in [0.5, 0.6) is 0 Å². The maximum Gasteiger partial charge on any atom is -0.0241 e. The van der Waals surface area contributed by atoms with Crippen molar-refractivity contribution in [2.45, 2.75) is 79.1 Å². The van der Waals surface area contributed by atoms with Crippen LogP contribution in [0.1, 0.15) is 79.1 Å². The Morgan fingerprint density at radius 2 is 1.36 bits per heavy atom. The largest absolute Gasteiger partial charge is 0.0654 e. The first-order chi connectivity index (χ1) is 6.70. The van der Waals surface area contributed by atoms with E-state index in [0.717, 1.165) is 5.92 Å². The van der Waals surface area contributed by atoms with Crippen LogP contribution in [0.15, 0.2) is 0 Å². The second kappa shape index (κ2) is 9.55. The van der Waals surface area contributed by atoms with E-state index in [9.17, 15) is 0 Å². The molecule has 0 nitrogen and oxygen atoms in total. The third kappa shape index (κ3) is 8.59. The first-order valence-corrected chi connectivity index (χ1v) is 6.54. The Hall–Kier alpha value is 0. The van der Waals surface area contributed by atoms with Crippen molar-refractivity contribution < 1.29 is 0 Å². The van der Waals surface area contributed by atoms with Crippen molar-refractivity contribution in [1.82, 2.24) is 0 Å². The van der Waals surface area contributed by atoms with Gasteiger partial charge in [0.1, 0.15) is 0 Å². The minimum absolute atomic E-state index is 0.869. The second-order valence-corrected chi connectivity index (χ2v) is 4.89. The molecular weight excluding hydrogens is 168 g/mol. The smallest absolute Gasteiger partial charge is 0.0241 e. The van der Waals surface area contributed by atoms with E-state index in [4.69, 9.17) is 0 Å². The average Bonchev–Trinajstić information content (AvgIpc) is 2.16. The summed E-state index contributed by atoms with van der Waals surface area (Å²) in [5, 5.41) is 0. The average molecular weight is 197 g/mol. The maximum absolute atomic E-state index is 2.33. The van der Waals surface area contributed by atoms with Gasteiger partial charge in [0.25, 0.3) is 0 Å². The van der Waals surface area contributed by atoms with E-state index in [1.165, 1.54) is 51.4 Å². The fourth-order valence-electron chi connectivity index (χ4n) is 1.72. The summed E-state index contributed by atoms with van der Waals surface area (Å²) in [6, 6.07) is 0. The summed E-state index contributed by atoms with van der Waals surface area (Å²) in [4.78, 5) is 0. The number of rotatable bonds is 9. The molecule has 0 bridgehead atoms. The zero-order valence-corrected chi connectivity index (χ0v) is 10.7. The molecule has 0 amide bonds. The van der Waals surface area contributed by atoms with Crippen LogP contribution in [0.3, 0.4) is 0 Å². The molecule has 0 spiro atoms. The molecule has 0 aromatic carbocycles. The lowest BCUT2D eigenvalue weighted by Crippen LogP contribution is -2.00. The summed E-state index contributed by atoms with van der Waals surface area (Å²) >= 11 is 0. The lowest BCUT2D eigenvalue weighted by molar-refractivity contribution is 0.510. The van der Waals surface area contributed by atoms with Gasteiger partial charge in [-0.15, -0.1) is 0 Å². The summed E-state index contributed by atoms with van der Waals surface area (Å²) in [5.74, 6) is 2.70. The summed E-state index contributed by atoms with van der Waals surface area (Å²) in [6.45, 7) is 9.24. The first kappa shape index (κ1) is 14.0. The molecule has 0 unspecified atom stereocenters. The lowest BCUT2D eigenvalue weighted by atomic mass is 9.89. The van der Waals surface area contributed by atoms with Gasteiger partial charge in [-0.05, 0) is 31.1 Å². The lowest BCUT2D eigenvalue weighted by Gasteiger charge is -2.16. The van der Waals surface area contributed by atoms with E-state index in [1.54, 1.807) is 0 Å². The van der Waals surface area contributed by atoms with Crippen LogP contribution in [0.2, 0.25) is 0 Å². The molecule has 0 saturated carbocycles. The Morgan fingerprint density at radius 1 is 0.857 bits per heavy atom. The standard InChI is InChI=1S/C14H29/c1-5-7-9-14(10-8-6-2)12-11-13(3)4/h13H,5-12H2,1-4H3. The molecule has 0 heterocycles. The van der Waals surface area contributed by atoms with Gasteiger partial charge < -0.3 is 0 Å². The van der Waals surface area contributed by atoms with Crippen LogP contribution in [-0.2, 0) is 0 Å². The van der Waals surface area contributed by atoms with Crippen LogP contribution in [0.4, 0.5) is 0 Å². The van der Waals surface area contributed by atoms with Gasteiger partial charge in [-0.25, -0.2) is 0 Å². The van der Waals surface area contributed by atoms with Crippen LogP contribution < -0.4 is 0 Å². The molecule has 0 rings (SSSR count). The van der Waals surface area contributed by atoms with Gasteiger partial charge in [0.2, 0.25) is 0 Å². The number of unbranched alkanes of at least 4 members (excludes halogenated alkanes) is 2. The van der Waals surface area contributed by atoms with E-state index in [2.05, 4.69) is 27.7 Å². The summed E-state index contributed by atoms with van der Waals surface area (Å²) in [5.41, 5.74) is 0. The summed E-state index contributed by atoms with van der Waals surface area (Å²) < 4.78 is 0. The Labute approximate surface area is 91.5 Å². The van der Waals surface area contributed by atoms with Crippen molar-refractivity contribution in [3.8, 4) is 0 Å². The van der Waals surface area contributed by atoms with Crippen LogP contribution >= 0.6 is 0 Å². The molecule has 85 valence electrons. The zero-order valence-electron chi connectivity index (χ0n) is 10.7. The van der Waals surface area contributed by atoms with Gasteiger partial charge in [0.05, 0.1) is 0 Å². The van der Waals surface area contributed by atoms with Crippen LogP contribution in [-0.4, -0.2) is 0 Å². The molecular formula is C14H29. The molecule has 0 heteroatoms. The van der Waals surface area contributed by atoms with Gasteiger partial charge in [-0.2, -0.15) is 0 Å². The van der Waals surface area contributed by atoms with Crippen molar-refractivity contribution in [3.63, 3.8) is 0 Å². The molecule has 1 radical (unpaired) electrons. The molecule has 0 aromatic rings. The maximum atomic E-state index is 2.33. The number of hydrogen-bond donors (Lipinski definition) is 0. The normalized spacial score (nSPS) is 11.6. The third-order valence-corrected chi connectivity index (χ3v) is 2.84. The Balaban J connectivity index is 3.60. The van der Waals surface area contributed by atoms with E-state index in [-0.39, 0.29) is 0 Å². The molecule has 0 aliphatic rings. The van der Waals surface area contributed by atoms with Crippen molar-refractivity contribution in [2.24, 2.45) is 5.92 Å². The molecule has 0 N–H and O–H groups in total. The molecule has 0 atom stereocenters. The van der Waals surface area contributed by atoms with Gasteiger partial charge >= 0.3 is 0 Å². The third-order valence-electron chi connectivity index (χ3n) is 2.84. The first-order valence-electron chi connectivity index (χ1n) is 6.54. The quantitative estimate of drug-likeness (QED) is 0.465. The molecule has 0 aromatic heterocycles. The van der Waals surface area contributed by atoms with E-state index >= 15 is 0 Å². The fraction of sp³-hybridized carbons (Fsp3) is 0.929. The highest BCUT2D eigenvalue weighted by Gasteiger charge is 2.09. The Bertz CT molecular complexity index is 96.6. The van der Waals surface area contributed by atoms with Crippen molar-refractivity contribution in [3.05, 3.63) is 5.92 Å². The predicted molar refractivity (Wildman–Crippen MR) is 66.4 cm³/mol. The zero-order chi connectivity index (χ0) is 10.8. The summed E-state index contributed by atoms with van der Waals surface area (Å²) in [6.07, 6.45) is 11.1. The van der Waals surface area contributed by atoms with Crippen molar-refractivity contribution in [1.29, 1.82) is 0 Å². The molecule has 0 fully saturated rings. The minimum atomic E-state index is 0.869. The molecule has 14 heavy (non-hydrogen) atoms. The van der Waals surface area contributed by atoms with Gasteiger partial charge in [-0.3, -0.25) is 0 Å². The van der Waals surface area contributed by atoms with E-state index in [1.807, 2.05) is 5.92 Å². The van der Waals surface area contributed by atoms with Crippen LogP contribution in [0, 0.1) is 11.8 Å². The van der Waals surface area contributed by atoms with Crippen LogP contribution in [0.25, 0.3) is 0 Å².